The molecule has 1 aromatic carbocycles. The van der Waals surface area contributed by atoms with Gasteiger partial charge in [-0.05, 0) is 37.6 Å². The molecule has 2 aromatic rings. The van der Waals surface area contributed by atoms with Gasteiger partial charge in [-0.3, -0.25) is 10.1 Å². The summed E-state index contributed by atoms with van der Waals surface area (Å²) < 4.78 is 5.25. The molecule has 2 rings (SSSR count). The molecule has 0 aliphatic carbocycles. The molecule has 1 atom stereocenters. The van der Waals surface area contributed by atoms with E-state index >= 15 is 0 Å². The van der Waals surface area contributed by atoms with E-state index in [1.54, 1.807) is 6.26 Å². The lowest BCUT2D eigenvalue weighted by Crippen LogP contribution is -2.17. The third-order valence-corrected chi connectivity index (χ3v) is 3.13. The fourth-order valence-corrected chi connectivity index (χ4v) is 2.03. The monoisotopic (exact) mass is 285 g/mol. The first kappa shape index (κ1) is 14.6. The second-order valence-corrected chi connectivity index (χ2v) is 4.76. The summed E-state index contributed by atoms with van der Waals surface area (Å²) in [5.74, 6) is 0.879. The molecule has 0 aliphatic rings. The van der Waals surface area contributed by atoms with E-state index in [-0.39, 0.29) is 11.7 Å². The molecule has 6 nitrogen and oxygen atoms in total. The number of nitrogens with one attached hydrogen (secondary N) is 1. The van der Waals surface area contributed by atoms with E-state index in [9.17, 15) is 10.1 Å². The number of nitrogens with zero attached hydrogens (tertiary/aromatic N) is 2. The predicted molar refractivity (Wildman–Crippen MR) is 77.9 cm³/mol. The lowest BCUT2D eigenvalue weighted by Gasteiger charge is -2.14. The second-order valence-electron chi connectivity index (χ2n) is 4.76. The molecule has 0 aliphatic heterocycles. The summed E-state index contributed by atoms with van der Waals surface area (Å²) in [6, 6.07) is 10.0. The van der Waals surface area contributed by atoms with Crippen molar-refractivity contribution in [1.29, 1.82) is 5.26 Å². The van der Waals surface area contributed by atoms with Gasteiger partial charge in [0.25, 0.3) is 5.69 Å². The van der Waals surface area contributed by atoms with Crippen LogP contribution in [0.4, 0.5) is 11.4 Å². The van der Waals surface area contributed by atoms with Crippen molar-refractivity contribution in [2.24, 2.45) is 0 Å². The van der Waals surface area contributed by atoms with Crippen molar-refractivity contribution in [2.75, 3.05) is 5.32 Å². The Hall–Kier alpha value is -2.81. The highest BCUT2D eigenvalue weighted by Crippen LogP contribution is 2.26. The van der Waals surface area contributed by atoms with Crippen LogP contribution >= 0.6 is 0 Å². The minimum absolute atomic E-state index is 0.0164. The Morgan fingerprint density at radius 2 is 2.29 bits per heavy atom. The smallest absolute Gasteiger partial charge is 0.292 e. The second kappa shape index (κ2) is 6.57. The molecule has 1 heterocycles. The number of hydrogen-bond acceptors (Lipinski definition) is 5. The molecule has 6 heteroatoms. The Balaban J connectivity index is 2.06. The van der Waals surface area contributed by atoms with Crippen LogP contribution in [-0.2, 0) is 6.42 Å². The summed E-state index contributed by atoms with van der Waals surface area (Å²) in [6.07, 6.45) is 3.13. The van der Waals surface area contributed by atoms with E-state index < -0.39 is 4.92 Å². The lowest BCUT2D eigenvalue weighted by molar-refractivity contribution is -0.384. The molecule has 0 amide bonds. The van der Waals surface area contributed by atoms with Gasteiger partial charge < -0.3 is 9.73 Å². The summed E-state index contributed by atoms with van der Waals surface area (Å²) >= 11 is 0. The highest BCUT2D eigenvalue weighted by atomic mass is 16.6. The van der Waals surface area contributed by atoms with Crippen LogP contribution in [0.2, 0.25) is 0 Å². The number of nitriles is 1. The van der Waals surface area contributed by atoms with E-state index in [2.05, 4.69) is 5.32 Å². The van der Waals surface area contributed by atoms with Crippen molar-refractivity contribution in [3.63, 3.8) is 0 Å². The average molecular weight is 285 g/mol. The van der Waals surface area contributed by atoms with Crippen LogP contribution < -0.4 is 5.32 Å². The third-order valence-electron chi connectivity index (χ3n) is 3.13. The molecule has 1 unspecified atom stereocenters. The van der Waals surface area contributed by atoms with E-state index in [1.165, 1.54) is 18.2 Å². The minimum Gasteiger partial charge on any atom is -0.469 e. The molecule has 0 saturated carbocycles. The molecular formula is C15H15N3O3. The SMILES string of the molecule is CC(CCc1ccco1)Nc1cc(C#N)ccc1[N+](=O)[O-]. The molecule has 0 spiro atoms. The number of hydrogen-bond donors (Lipinski definition) is 1. The van der Waals surface area contributed by atoms with Crippen molar-refractivity contribution in [3.8, 4) is 6.07 Å². The fourth-order valence-electron chi connectivity index (χ4n) is 2.03. The van der Waals surface area contributed by atoms with Gasteiger partial charge in [-0.2, -0.15) is 5.26 Å². The number of aryl methyl sites for hydroxylation is 1. The van der Waals surface area contributed by atoms with Gasteiger partial charge in [0, 0.05) is 18.5 Å². The van der Waals surface area contributed by atoms with Gasteiger partial charge in [-0.25, -0.2) is 0 Å². The van der Waals surface area contributed by atoms with Gasteiger partial charge in [0.15, 0.2) is 0 Å². The molecule has 1 N–H and O–H groups in total. The lowest BCUT2D eigenvalue weighted by atomic mass is 10.1. The Morgan fingerprint density at radius 3 is 2.90 bits per heavy atom. The highest BCUT2D eigenvalue weighted by molar-refractivity contribution is 5.64. The number of nitro groups is 1. The van der Waals surface area contributed by atoms with Crippen molar-refractivity contribution >= 4 is 11.4 Å². The highest BCUT2D eigenvalue weighted by Gasteiger charge is 2.16. The largest absolute Gasteiger partial charge is 0.469 e. The standard InChI is InChI=1S/C15H15N3O3/c1-11(4-6-13-3-2-8-21-13)17-14-9-12(10-16)5-7-15(14)18(19)20/h2-3,5,7-9,11,17H,4,6H2,1H3. The first-order valence-electron chi connectivity index (χ1n) is 6.57. The van der Waals surface area contributed by atoms with Crippen LogP contribution in [0.15, 0.2) is 41.0 Å². The maximum absolute atomic E-state index is 11.0. The van der Waals surface area contributed by atoms with Crippen LogP contribution in [0.25, 0.3) is 0 Å². The topological polar surface area (TPSA) is 92.1 Å². The number of furan rings is 1. The summed E-state index contributed by atoms with van der Waals surface area (Å²) in [7, 11) is 0. The normalized spacial score (nSPS) is 11.6. The summed E-state index contributed by atoms with van der Waals surface area (Å²) in [5.41, 5.74) is 0.728. The Labute approximate surface area is 122 Å². The molecule has 108 valence electrons. The third kappa shape index (κ3) is 3.83. The van der Waals surface area contributed by atoms with Crippen LogP contribution in [0, 0.1) is 21.4 Å². The Morgan fingerprint density at radius 1 is 1.48 bits per heavy atom. The van der Waals surface area contributed by atoms with Gasteiger partial charge in [0.05, 0.1) is 22.8 Å². The minimum atomic E-state index is -0.456. The van der Waals surface area contributed by atoms with Crippen LogP contribution in [-0.4, -0.2) is 11.0 Å². The van der Waals surface area contributed by atoms with E-state index in [4.69, 9.17) is 9.68 Å². The van der Waals surface area contributed by atoms with Crippen molar-refractivity contribution in [3.05, 3.63) is 58.0 Å². The van der Waals surface area contributed by atoms with Crippen molar-refractivity contribution < 1.29 is 9.34 Å². The van der Waals surface area contributed by atoms with Crippen molar-refractivity contribution in [1.82, 2.24) is 0 Å². The average Bonchev–Trinajstić information content (AvgIpc) is 2.98. The summed E-state index contributed by atoms with van der Waals surface area (Å²) in [4.78, 5) is 10.6. The molecule has 0 saturated heterocycles. The first-order valence-corrected chi connectivity index (χ1v) is 6.57. The number of benzene rings is 1. The van der Waals surface area contributed by atoms with E-state index in [0.29, 0.717) is 11.3 Å². The molecule has 0 fully saturated rings. The number of rotatable bonds is 6. The maximum Gasteiger partial charge on any atom is 0.292 e. The maximum atomic E-state index is 11.0. The summed E-state index contributed by atoms with van der Waals surface area (Å²) in [5, 5.41) is 23.0. The Kier molecular flexibility index (Phi) is 4.57. The number of anilines is 1. The number of nitro benzene ring substituents is 1. The summed E-state index contributed by atoms with van der Waals surface area (Å²) in [6.45, 7) is 1.94. The molecule has 1 aromatic heterocycles. The van der Waals surface area contributed by atoms with Gasteiger partial charge in [0.2, 0.25) is 0 Å². The van der Waals surface area contributed by atoms with Gasteiger partial charge in [0.1, 0.15) is 11.4 Å². The fraction of sp³-hybridized carbons (Fsp3) is 0.267. The predicted octanol–water partition coefficient (Wildman–Crippen LogP) is 3.49. The zero-order chi connectivity index (χ0) is 15.2. The van der Waals surface area contributed by atoms with Crippen LogP contribution in [0.5, 0.6) is 0 Å². The van der Waals surface area contributed by atoms with Crippen LogP contribution in [0.3, 0.4) is 0 Å². The van der Waals surface area contributed by atoms with Gasteiger partial charge >= 0.3 is 0 Å². The zero-order valence-corrected chi connectivity index (χ0v) is 11.6. The quantitative estimate of drug-likeness (QED) is 0.647. The van der Waals surface area contributed by atoms with Crippen molar-refractivity contribution in [2.45, 2.75) is 25.8 Å². The van der Waals surface area contributed by atoms with Gasteiger partial charge in [-0.1, -0.05) is 0 Å². The molecule has 21 heavy (non-hydrogen) atoms. The molecule has 0 radical (unpaired) electrons. The van der Waals surface area contributed by atoms with Crippen LogP contribution in [0.1, 0.15) is 24.7 Å². The first-order chi connectivity index (χ1) is 10.1. The van der Waals surface area contributed by atoms with E-state index in [1.807, 2.05) is 25.1 Å². The molecule has 0 bridgehead atoms. The zero-order valence-electron chi connectivity index (χ0n) is 11.6. The molecular weight excluding hydrogens is 270 g/mol. The Bertz CT molecular complexity index is 659. The van der Waals surface area contributed by atoms with E-state index in [0.717, 1.165) is 18.6 Å². The van der Waals surface area contributed by atoms with Gasteiger partial charge in [-0.15, -0.1) is 0 Å².